The largest absolute Gasteiger partial charge is 0.280 e. The monoisotopic (exact) mass is 192 g/mol. The van der Waals surface area contributed by atoms with Crippen molar-refractivity contribution in [3.8, 4) is 11.5 Å². The Hall–Kier alpha value is -0.813. The minimum absolute atomic E-state index is 0.0555. The Morgan fingerprint density at radius 2 is 2.15 bits per heavy atom. The van der Waals surface area contributed by atoms with Gasteiger partial charge in [0.1, 0.15) is 8.07 Å². The van der Waals surface area contributed by atoms with Crippen LogP contribution in [0.2, 0.25) is 19.6 Å². The maximum Gasteiger partial charge on any atom is 0.230 e. The van der Waals surface area contributed by atoms with Crippen molar-refractivity contribution >= 4 is 13.9 Å². The summed E-state index contributed by atoms with van der Waals surface area (Å²) < 4.78 is 0. The summed E-state index contributed by atoms with van der Waals surface area (Å²) in [5.41, 5.74) is 4.03. The molecule has 0 aromatic rings. The van der Waals surface area contributed by atoms with Gasteiger partial charge in [0, 0.05) is 5.57 Å². The number of carbonyl (C=O) groups excluding carboxylic acids is 1. The van der Waals surface area contributed by atoms with Crippen molar-refractivity contribution in [3.05, 3.63) is 11.6 Å². The number of ketones is 1. The summed E-state index contributed by atoms with van der Waals surface area (Å²) in [7, 11) is -1.38. The molecule has 0 unspecified atom stereocenters. The molecule has 0 amide bonds. The lowest BCUT2D eigenvalue weighted by atomic mass is 10.1. The summed E-state index contributed by atoms with van der Waals surface area (Å²) in [5.74, 6) is 2.82. The van der Waals surface area contributed by atoms with E-state index in [0.717, 1.165) is 24.8 Å². The normalized spacial score (nSPS) is 16.1. The van der Waals surface area contributed by atoms with Gasteiger partial charge in [-0.1, -0.05) is 25.7 Å². The molecule has 13 heavy (non-hydrogen) atoms. The molecule has 1 aliphatic rings. The minimum atomic E-state index is -1.38. The predicted octanol–water partition coefficient (Wildman–Crippen LogP) is 2.55. The Kier molecular flexibility index (Phi) is 3.10. The zero-order valence-electron chi connectivity index (χ0n) is 8.61. The van der Waals surface area contributed by atoms with E-state index in [0.29, 0.717) is 0 Å². The Bertz CT molecular complexity index is 296. The first-order valence-electron chi connectivity index (χ1n) is 4.75. The third-order valence-corrected chi connectivity index (χ3v) is 2.76. The van der Waals surface area contributed by atoms with Crippen molar-refractivity contribution in [2.75, 3.05) is 0 Å². The zero-order valence-corrected chi connectivity index (χ0v) is 9.61. The molecule has 0 aliphatic heterocycles. The molecule has 1 rings (SSSR count). The second-order valence-electron chi connectivity index (χ2n) is 4.45. The summed E-state index contributed by atoms with van der Waals surface area (Å²) in [6.45, 7) is 6.45. The molecule has 0 N–H and O–H groups in total. The first-order valence-corrected chi connectivity index (χ1v) is 8.25. The summed E-state index contributed by atoms with van der Waals surface area (Å²) in [5, 5.41) is 0. The second-order valence-corrected chi connectivity index (χ2v) is 9.20. The molecule has 0 heterocycles. The molecule has 0 fully saturated rings. The van der Waals surface area contributed by atoms with Crippen LogP contribution in [0.3, 0.4) is 0 Å². The van der Waals surface area contributed by atoms with Crippen molar-refractivity contribution in [3.63, 3.8) is 0 Å². The van der Waals surface area contributed by atoms with Crippen LogP contribution >= 0.6 is 0 Å². The fraction of sp³-hybridized carbons (Fsp3) is 0.545. The predicted molar refractivity (Wildman–Crippen MR) is 58.1 cm³/mol. The van der Waals surface area contributed by atoms with Crippen molar-refractivity contribution < 1.29 is 4.79 Å². The molecule has 0 saturated carbocycles. The van der Waals surface area contributed by atoms with E-state index >= 15 is 0 Å². The average Bonchev–Trinajstić information content (AvgIpc) is 2.50. The first-order chi connectivity index (χ1) is 5.99. The van der Waals surface area contributed by atoms with Crippen LogP contribution in [-0.2, 0) is 4.79 Å². The minimum Gasteiger partial charge on any atom is -0.280 e. The first kappa shape index (κ1) is 10.3. The highest BCUT2D eigenvalue weighted by molar-refractivity contribution is 6.84. The van der Waals surface area contributed by atoms with Gasteiger partial charge < -0.3 is 0 Å². The second kappa shape index (κ2) is 3.93. The lowest BCUT2D eigenvalue weighted by Gasteiger charge is -2.02. The highest BCUT2D eigenvalue weighted by Crippen LogP contribution is 2.17. The topological polar surface area (TPSA) is 17.1 Å². The van der Waals surface area contributed by atoms with Crippen LogP contribution in [-0.4, -0.2) is 13.9 Å². The molecular weight excluding hydrogens is 176 g/mol. The number of hydrogen-bond donors (Lipinski definition) is 0. The van der Waals surface area contributed by atoms with Gasteiger partial charge in [-0.25, -0.2) is 0 Å². The molecule has 0 aromatic heterocycles. The number of carbonyl (C=O) groups is 1. The zero-order chi connectivity index (χ0) is 9.90. The molecule has 2 heteroatoms. The van der Waals surface area contributed by atoms with Crippen molar-refractivity contribution in [2.45, 2.75) is 38.9 Å². The average molecular weight is 192 g/mol. The molecule has 0 radical (unpaired) electrons. The summed E-state index contributed by atoms with van der Waals surface area (Å²) in [6.07, 6.45) is 5.13. The molecule has 0 spiro atoms. The van der Waals surface area contributed by atoms with E-state index in [9.17, 15) is 4.79 Å². The van der Waals surface area contributed by atoms with E-state index in [4.69, 9.17) is 0 Å². The molecule has 0 atom stereocenters. The van der Waals surface area contributed by atoms with Crippen LogP contribution in [0.15, 0.2) is 11.6 Å². The third kappa shape index (κ3) is 3.60. The fourth-order valence-electron chi connectivity index (χ4n) is 1.20. The van der Waals surface area contributed by atoms with E-state index in [1.807, 2.05) is 6.08 Å². The summed E-state index contributed by atoms with van der Waals surface area (Å²) >= 11 is 0. The van der Waals surface area contributed by atoms with Crippen LogP contribution < -0.4 is 0 Å². The van der Waals surface area contributed by atoms with Crippen LogP contribution in [0, 0.1) is 11.5 Å². The smallest absolute Gasteiger partial charge is 0.230 e. The molecule has 1 aliphatic carbocycles. The molecule has 1 nitrogen and oxygen atoms in total. The van der Waals surface area contributed by atoms with Gasteiger partial charge in [0.15, 0.2) is 0 Å². The standard InChI is InChI=1S/C11H16OSi/c1-13(2,3)9-8-11(12)10-6-4-5-7-10/h6H,4-5,7H2,1-3H3. The van der Waals surface area contributed by atoms with E-state index in [-0.39, 0.29) is 5.78 Å². The van der Waals surface area contributed by atoms with Gasteiger partial charge in [-0.05, 0) is 25.2 Å². The van der Waals surface area contributed by atoms with Gasteiger partial charge in [0.25, 0.3) is 0 Å². The quantitative estimate of drug-likeness (QED) is 0.461. The Balaban J connectivity index is 2.63. The van der Waals surface area contributed by atoms with E-state index in [1.165, 1.54) is 0 Å². The van der Waals surface area contributed by atoms with Gasteiger partial charge in [-0.3, -0.25) is 4.79 Å². The van der Waals surface area contributed by atoms with Gasteiger partial charge in [-0.2, -0.15) is 0 Å². The maximum atomic E-state index is 11.5. The molecule has 0 bridgehead atoms. The fourth-order valence-corrected chi connectivity index (χ4v) is 1.69. The lowest BCUT2D eigenvalue weighted by molar-refractivity contribution is -0.110. The maximum absolute atomic E-state index is 11.5. The van der Waals surface area contributed by atoms with Crippen molar-refractivity contribution in [1.29, 1.82) is 0 Å². The summed E-state index contributed by atoms with van der Waals surface area (Å²) in [6, 6.07) is 0. The number of rotatable bonds is 1. The van der Waals surface area contributed by atoms with Crippen LogP contribution in [0.25, 0.3) is 0 Å². The Morgan fingerprint density at radius 1 is 1.46 bits per heavy atom. The highest BCUT2D eigenvalue weighted by atomic mass is 28.3. The Morgan fingerprint density at radius 3 is 2.62 bits per heavy atom. The molecule has 0 aromatic carbocycles. The lowest BCUT2D eigenvalue weighted by Crippen LogP contribution is -2.17. The summed E-state index contributed by atoms with van der Waals surface area (Å²) in [4.78, 5) is 11.5. The molecule has 0 saturated heterocycles. The molecular formula is C11H16OSi. The van der Waals surface area contributed by atoms with Crippen LogP contribution in [0.4, 0.5) is 0 Å². The highest BCUT2D eigenvalue weighted by Gasteiger charge is 2.12. The SMILES string of the molecule is C[Si](C)(C)C#CC(=O)C1=CCCC1. The van der Waals surface area contributed by atoms with E-state index < -0.39 is 8.07 Å². The number of Topliss-reactive ketones (excluding diaryl/α,β-unsaturated/α-hetero) is 1. The van der Waals surface area contributed by atoms with Gasteiger partial charge >= 0.3 is 0 Å². The molecule has 70 valence electrons. The number of hydrogen-bond acceptors (Lipinski definition) is 1. The van der Waals surface area contributed by atoms with Gasteiger partial charge in [0.2, 0.25) is 5.78 Å². The van der Waals surface area contributed by atoms with Crippen molar-refractivity contribution in [2.24, 2.45) is 0 Å². The van der Waals surface area contributed by atoms with Gasteiger partial charge in [-0.15, -0.1) is 5.54 Å². The van der Waals surface area contributed by atoms with Crippen LogP contribution in [0.1, 0.15) is 19.3 Å². The third-order valence-electron chi connectivity index (χ3n) is 1.88. The van der Waals surface area contributed by atoms with Gasteiger partial charge in [0.05, 0.1) is 0 Å². The van der Waals surface area contributed by atoms with E-state index in [1.54, 1.807) is 0 Å². The van der Waals surface area contributed by atoms with Crippen molar-refractivity contribution in [1.82, 2.24) is 0 Å². The Labute approximate surface area is 81.2 Å². The van der Waals surface area contributed by atoms with Crippen LogP contribution in [0.5, 0.6) is 0 Å². The number of allylic oxidation sites excluding steroid dienone is 2. The van der Waals surface area contributed by atoms with E-state index in [2.05, 4.69) is 31.1 Å².